The molecule has 0 bridgehead atoms. The van der Waals surface area contributed by atoms with Crippen molar-refractivity contribution in [2.45, 2.75) is 43.5 Å². The van der Waals surface area contributed by atoms with Gasteiger partial charge in [-0.15, -0.1) is 0 Å². The predicted molar refractivity (Wildman–Crippen MR) is 161 cm³/mol. The second-order valence-corrected chi connectivity index (χ2v) is 13.8. The number of aliphatic imine (C=N–C) groups is 1. The van der Waals surface area contributed by atoms with Crippen molar-refractivity contribution in [2.24, 2.45) is 10.9 Å². The molecule has 0 aromatic heterocycles. The van der Waals surface area contributed by atoms with Crippen LogP contribution >= 0.6 is 11.6 Å². The molecule has 2 heterocycles. The zero-order chi connectivity index (χ0) is 29.4. The van der Waals surface area contributed by atoms with Gasteiger partial charge in [-0.25, -0.2) is 18.2 Å². The first kappa shape index (κ1) is 29.7. The normalized spacial score (nSPS) is 24.0. The van der Waals surface area contributed by atoms with Gasteiger partial charge in [0.05, 0.1) is 19.3 Å². The number of hydrogen-bond donors (Lipinski definition) is 0. The Morgan fingerprint density at radius 2 is 1.73 bits per heavy atom. The van der Waals surface area contributed by atoms with Crippen molar-refractivity contribution in [3.63, 3.8) is 0 Å². The maximum Gasteiger partial charge on any atom is 0.326 e. The maximum atomic E-state index is 14.6. The Labute approximate surface area is 248 Å². The van der Waals surface area contributed by atoms with Gasteiger partial charge >= 0.3 is 6.03 Å². The van der Waals surface area contributed by atoms with Gasteiger partial charge in [0.1, 0.15) is 23.4 Å². The van der Waals surface area contributed by atoms with Gasteiger partial charge in [0.15, 0.2) is 14.7 Å². The molecule has 2 atom stereocenters. The zero-order valence-electron chi connectivity index (χ0n) is 24.2. The minimum Gasteiger partial charge on any atom is -0.497 e. The van der Waals surface area contributed by atoms with Crippen molar-refractivity contribution in [3.8, 4) is 11.5 Å². The lowest BCUT2D eigenvalue weighted by Gasteiger charge is -2.42. The van der Waals surface area contributed by atoms with Crippen LogP contribution in [-0.4, -0.2) is 93.1 Å². The Kier molecular flexibility index (Phi) is 8.55. The Balaban J connectivity index is 1.79. The molecule has 2 amide bonds. The zero-order valence-corrected chi connectivity index (χ0v) is 25.7. The van der Waals surface area contributed by atoms with Gasteiger partial charge in [0, 0.05) is 49.4 Å². The van der Waals surface area contributed by atoms with Crippen LogP contribution in [0.1, 0.15) is 49.8 Å². The Morgan fingerprint density at radius 3 is 2.32 bits per heavy atom. The predicted octanol–water partition coefficient (Wildman–Crippen LogP) is 4.85. The third kappa shape index (κ3) is 5.42. The van der Waals surface area contributed by atoms with Gasteiger partial charge in [0.2, 0.25) is 0 Å². The summed E-state index contributed by atoms with van der Waals surface area (Å²) >= 11 is 6.28. The van der Waals surface area contributed by atoms with E-state index in [1.807, 2.05) is 26.1 Å². The Bertz CT molecular complexity index is 1400. The highest BCUT2D eigenvalue weighted by Crippen LogP contribution is 2.54. The van der Waals surface area contributed by atoms with Crippen molar-refractivity contribution in [1.29, 1.82) is 0 Å². The summed E-state index contributed by atoms with van der Waals surface area (Å²) in [6.07, 6.45) is 4.52. The van der Waals surface area contributed by atoms with E-state index >= 15 is 0 Å². The molecule has 0 N–H and O–H groups in total. The number of carbonyl (C=O) groups is 1. The first-order valence-electron chi connectivity index (χ1n) is 14.2. The summed E-state index contributed by atoms with van der Waals surface area (Å²) in [6, 6.07) is 11.3. The van der Waals surface area contributed by atoms with Gasteiger partial charge in [0.25, 0.3) is 0 Å². The molecule has 2 fully saturated rings. The molecule has 11 heteroatoms. The summed E-state index contributed by atoms with van der Waals surface area (Å²) in [6.45, 7) is 4.77. The van der Waals surface area contributed by atoms with E-state index in [9.17, 15) is 13.2 Å². The first-order chi connectivity index (χ1) is 19.6. The maximum absolute atomic E-state index is 14.6. The molecule has 9 nitrogen and oxygen atoms in total. The van der Waals surface area contributed by atoms with E-state index < -0.39 is 20.8 Å². The van der Waals surface area contributed by atoms with Crippen molar-refractivity contribution in [1.82, 2.24) is 14.7 Å². The van der Waals surface area contributed by atoms with Crippen LogP contribution in [0.5, 0.6) is 11.5 Å². The molecule has 41 heavy (non-hydrogen) atoms. The molecule has 3 aliphatic rings. The molecule has 0 spiro atoms. The lowest BCUT2D eigenvalue weighted by molar-refractivity contribution is 0.124. The summed E-state index contributed by atoms with van der Waals surface area (Å²) in [5.74, 6) is 1.11. The fourth-order valence-corrected chi connectivity index (χ4v) is 8.36. The van der Waals surface area contributed by atoms with E-state index in [2.05, 4.69) is 4.90 Å². The number of urea groups is 1. The molecule has 5 rings (SSSR count). The molecule has 222 valence electrons. The van der Waals surface area contributed by atoms with E-state index in [-0.39, 0.29) is 11.9 Å². The van der Waals surface area contributed by atoms with Gasteiger partial charge in [-0.2, -0.15) is 0 Å². The summed E-state index contributed by atoms with van der Waals surface area (Å²) in [5, 5.41) is 0.532. The van der Waals surface area contributed by atoms with E-state index in [4.69, 9.17) is 26.1 Å². The summed E-state index contributed by atoms with van der Waals surface area (Å²) in [5.41, 5.74) is 1.23. The van der Waals surface area contributed by atoms with Crippen LogP contribution < -0.4 is 9.47 Å². The topological polar surface area (TPSA) is 91.8 Å². The largest absolute Gasteiger partial charge is 0.497 e. The number of ether oxygens (including phenoxy) is 2. The smallest absolute Gasteiger partial charge is 0.326 e. The number of amidine groups is 1. The minimum atomic E-state index is -3.85. The molecule has 1 saturated heterocycles. The second-order valence-electron chi connectivity index (χ2n) is 11.1. The average molecular weight is 603 g/mol. The SMILES string of the molecule is CCOc1cc(OC)ccc1C1=NC(C2CCCC2)(S(C)(=O)=O)C(c2ccc(Cl)cc2)N1C(=O)N1CCN(C)CC1. The lowest BCUT2D eigenvalue weighted by atomic mass is 9.87. The number of amides is 2. The fraction of sp³-hybridized carbons (Fsp3) is 0.533. The van der Waals surface area contributed by atoms with Gasteiger partial charge < -0.3 is 19.3 Å². The molecular weight excluding hydrogens is 564 g/mol. The Hall–Kier alpha value is -2.82. The van der Waals surface area contributed by atoms with Gasteiger partial charge in [-0.3, -0.25) is 4.90 Å². The number of methoxy groups -OCH3 is 1. The lowest BCUT2D eigenvalue weighted by Crippen LogP contribution is -2.56. The van der Waals surface area contributed by atoms with Crippen LogP contribution in [0.25, 0.3) is 0 Å². The van der Waals surface area contributed by atoms with Crippen LogP contribution in [0.15, 0.2) is 47.5 Å². The molecule has 2 aliphatic heterocycles. The second kappa shape index (κ2) is 11.8. The number of halogens is 1. The molecule has 1 saturated carbocycles. The highest BCUT2D eigenvalue weighted by Gasteiger charge is 2.63. The van der Waals surface area contributed by atoms with Crippen molar-refractivity contribution < 1.29 is 22.7 Å². The number of sulfone groups is 1. The van der Waals surface area contributed by atoms with Crippen molar-refractivity contribution in [3.05, 3.63) is 58.6 Å². The number of likely N-dealkylation sites (N-methyl/N-ethyl adjacent to an activating group) is 1. The number of rotatable bonds is 7. The summed E-state index contributed by atoms with van der Waals surface area (Å²) < 4.78 is 39.7. The molecular formula is C30H39ClN4O5S. The summed E-state index contributed by atoms with van der Waals surface area (Å²) in [7, 11) is -0.241. The van der Waals surface area contributed by atoms with Crippen LogP contribution in [0.3, 0.4) is 0 Å². The number of hydrogen-bond acceptors (Lipinski definition) is 7. The highest BCUT2D eigenvalue weighted by atomic mass is 35.5. The third-order valence-corrected chi connectivity index (χ3v) is 10.7. The van der Waals surface area contributed by atoms with E-state index in [0.717, 1.165) is 25.9 Å². The number of nitrogens with zero attached hydrogens (tertiary/aromatic N) is 4. The number of benzene rings is 2. The highest BCUT2D eigenvalue weighted by molar-refractivity contribution is 7.92. The van der Waals surface area contributed by atoms with E-state index in [1.54, 1.807) is 47.2 Å². The summed E-state index contributed by atoms with van der Waals surface area (Å²) in [4.78, 5) is 23.8. The average Bonchev–Trinajstić information content (AvgIpc) is 3.61. The number of carbonyl (C=O) groups excluding carboxylic acids is 1. The molecule has 2 aromatic rings. The molecule has 0 radical (unpaired) electrons. The number of piperazine rings is 1. The fourth-order valence-electron chi connectivity index (χ4n) is 6.49. The van der Waals surface area contributed by atoms with Crippen LogP contribution in [-0.2, 0) is 9.84 Å². The Morgan fingerprint density at radius 1 is 1.07 bits per heavy atom. The molecule has 2 aromatic carbocycles. The third-order valence-electron chi connectivity index (χ3n) is 8.59. The van der Waals surface area contributed by atoms with Crippen molar-refractivity contribution >= 4 is 33.3 Å². The van der Waals surface area contributed by atoms with Gasteiger partial charge in [-0.05, 0) is 56.6 Å². The minimum absolute atomic E-state index is 0.257. The van der Waals surface area contributed by atoms with E-state index in [0.29, 0.717) is 66.0 Å². The van der Waals surface area contributed by atoms with Gasteiger partial charge in [-0.1, -0.05) is 36.6 Å². The van der Waals surface area contributed by atoms with Crippen LogP contribution in [0, 0.1) is 5.92 Å². The van der Waals surface area contributed by atoms with Crippen molar-refractivity contribution in [2.75, 3.05) is 53.2 Å². The monoisotopic (exact) mass is 602 g/mol. The standard InChI is InChI=1S/C30H39ClN4O5S/c1-5-40-26-20-24(39-3)14-15-25(26)28-32-30(41(4,37)38,22-8-6-7-9-22)27(21-10-12-23(31)13-11-21)35(28)29(36)34-18-16-33(2)17-19-34/h10-15,20,22,27H,5-9,16-19H2,1-4H3. The quantitative estimate of drug-likeness (QED) is 0.450. The molecule has 1 aliphatic carbocycles. The van der Waals surface area contributed by atoms with E-state index in [1.165, 1.54) is 6.26 Å². The first-order valence-corrected chi connectivity index (χ1v) is 16.5. The van der Waals surface area contributed by atoms with Crippen LogP contribution in [0.4, 0.5) is 4.79 Å². The van der Waals surface area contributed by atoms with Crippen LogP contribution in [0.2, 0.25) is 5.02 Å². The molecule has 2 unspecified atom stereocenters.